The van der Waals surface area contributed by atoms with Crippen molar-refractivity contribution in [3.8, 4) is 0 Å². The number of dihydropyridines is 1. The molecule has 1 aliphatic heterocycles. The quantitative estimate of drug-likeness (QED) is 0.775. The molecule has 0 saturated carbocycles. The molecule has 1 heterocycles. The first-order valence-corrected chi connectivity index (χ1v) is 9.31. The molecular weight excluding hydrogens is 332 g/mol. The summed E-state index contributed by atoms with van der Waals surface area (Å²) >= 11 is 0. The van der Waals surface area contributed by atoms with Gasteiger partial charge in [0.2, 0.25) is 0 Å². The van der Waals surface area contributed by atoms with Gasteiger partial charge >= 0.3 is 0 Å². The van der Waals surface area contributed by atoms with Crippen LogP contribution in [0, 0.1) is 27.7 Å². The van der Waals surface area contributed by atoms with Gasteiger partial charge in [0.25, 0.3) is 0 Å². The molecule has 0 spiro atoms. The average molecular weight is 363 g/mol. The van der Waals surface area contributed by atoms with E-state index in [1.807, 2.05) is 76.4 Å². The largest absolute Gasteiger partial charge is 0.370 e. The van der Waals surface area contributed by atoms with Crippen LogP contribution in [-0.4, -0.2) is 19.0 Å². The second kappa shape index (κ2) is 9.33. The Bertz CT molecular complexity index is 878. The van der Waals surface area contributed by atoms with Crippen LogP contribution in [0.5, 0.6) is 0 Å². The number of nitrogens with one attached hydrogen (secondary N) is 2. The smallest absolute Gasteiger partial charge is 0.193 e. The maximum Gasteiger partial charge on any atom is 0.193 e. The summed E-state index contributed by atoms with van der Waals surface area (Å²) in [5.74, 6) is 0.119. The SMILES string of the molecule is CNC1C=CC=C(C)N1.Cc1ccccc1C(=O)c1ccc(C)c(C)c1C. The lowest BCUT2D eigenvalue weighted by atomic mass is 9.92. The highest BCUT2D eigenvalue weighted by Crippen LogP contribution is 2.21. The zero-order valence-corrected chi connectivity index (χ0v) is 17.2. The molecule has 1 aliphatic rings. The van der Waals surface area contributed by atoms with Gasteiger partial charge in [-0.25, -0.2) is 0 Å². The Hall–Kier alpha value is -2.65. The summed E-state index contributed by atoms with van der Waals surface area (Å²) in [4.78, 5) is 12.6. The molecule has 1 unspecified atom stereocenters. The highest BCUT2D eigenvalue weighted by Gasteiger charge is 2.15. The van der Waals surface area contributed by atoms with Crippen LogP contribution in [0.4, 0.5) is 0 Å². The van der Waals surface area contributed by atoms with Crippen LogP contribution in [0.15, 0.2) is 60.3 Å². The molecule has 2 N–H and O–H groups in total. The molecule has 0 radical (unpaired) electrons. The van der Waals surface area contributed by atoms with Gasteiger partial charge in [-0.3, -0.25) is 10.1 Å². The first-order chi connectivity index (χ1) is 12.8. The van der Waals surface area contributed by atoms with E-state index in [2.05, 4.69) is 30.6 Å². The van der Waals surface area contributed by atoms with Crippen LogP contribution in [0.3, 0.4) is 0 Å². The predicted molar refractivity (Wildman–Crippen MR) is 114 cm³/mol. The molecule has 2 aromatic carbocycles. The van der Waals surface area contributed by atoms with Gasteiger partial charge in [0.05, 0.1) is 6.17 Å². The molecule has 0 aliphatic carbocycles. The summed E-state index contributed by atoms with van der Waals surface area (Å²) in [5, 5.41) is 6.32. The van der Waals surface area contributed by atoms with E-state index in [-0.39, 0.29) is 5.78 Å². The minimum Gasteiger partial charge on any atom is -0.370 e. The fourth-order valence-corrected chi connectivity index (χ4v) is 3.00. The molecule has 1 atom stereocenters. The first kappa shape index (κ1) is 20.7. The summed E-state index contributed by atoms with van der Waals surface area (Å²) in [6.07, 6.45) is 6.49. The van der Waals surface area contributed by atoms with Gasteiger partial charge in [0.1, 0.15) is 0 Å². The number of rotatable bonds is 3. The van der Waals surface area contributed by atoms with E-state index in [0.29, 0.717) is 6.17 Å². The molecule has 2 aromatic rings. The summed E-state index contributed by atoms with van der Waals surface area (Å²) in [6, 6.07) is 11.7. The topological polar surface area (TPSA) is 41.1 Å². The third kappa shape index (κ3) is 5.18. The summed E-state index contributed by atoms with van der Waals surface area (Å²) in [6.45, 7) is 10.2. The van der Waals surface area contributed by atoms with Crippen molar-refractivity contribution in [3.05, 3.63) is 93.7 Å². The lowest BCUT2D eigenvalue weighted by molar-refractivity contribution is 0.103. The van der Waals surface area contributed by atoms with Crippen LogP contribution in [0.1, 0.15) is 45.1 Å². The third-order valence-electron chi connectivity index (χ3n) is 5.04. The van der Waals surface area contributed by atoms with Crippen molar-refractivity contribution in [1.29, 1.82) is 0 Å². The molecule has 3 rings (SSSR count). The van der Waals surface area contributed by atoms with Gasteiger partial charge in [-0.2, -0.15) is 0 Å². The Balaban J connectivity index is 0.000000244. The van der Waals surface area contributed by atoms with Crippen molar-refractivity contribution in [2.24, 2.45) is 0 Å². The van der Waals surface area contributed by atoms with E-state index >= 15 is 0 Å². The number of likely N-dealkylation sites (N-methyl/N-ethyl adjacent to an activating group) is 1. The van der Waals surface area contributed by atoms with Crippen LogP contribution in [0.25, 0.3) is 0 Å². The number of carbonyl (C=O) groups is 1. The molecule has 0 bridgehead atoms. The second-order valence-electron chi connectivity index (χ2n) is 6.97. The lowest BCUT2D eigenvalue weighted by Crippen LogP contribution is -2.38. The van der Waals surface area contributed by atoms with E-state index in [9.17, 15) is 4.79 Å². The van der Waals surface area contributed by atoms with Gasteiger partial charge in [-0.15, -0.1) is 0 Å². The summed E-state index contributed by atoms with van der Waals surface area (Å²) in [5.41, 5.74) is 7.36. The average Bonchev–Trinajstić information content (AvgIpc) is 2.66. The Morgan fingerprint density at radius 2 is 1.59 bits per heavy atom. The number of ketones is 1. The Morgan fingerprint density at radius 1 is 0.889 bits per heavy atom. The van der Waals surface area contributed by atoms with Crippen molar-refractivity contribution in [1.82, 2.24) is 10.6 Å². The van der Waals surface area contributed by atoms with Gasteiger partial charge in [0, 0.05) is 16.8 Å². The number of allylic oxidation sites excluding steroid dienone is 3. The standard InChI is InChI=1S/C17H18O.C7H12N2/c1-11-9-10-16(14(4)13(11)3)17(18)15-8-6-5-7-12(15)2;1-6-4-3-5-7(8-2)9-6/h5-10H,1-4H3;3-5,7-9H,1-2H3. The minimum absolute atomic E-state index is 0.119. The third-order valence-corrected chi connectivity index (χ3v) is 5.04. The molecule has 0 fully saturated rings. The van der Waals surface area contributed by atoms with Crippen molar-refractivity contribution in [2.45, 2.75) is 40.8 Å². The van der Waals surface area contributed by atoms with Crippen molar-refractivity contribution in [2.75, 3.05) is 7.05 Å². The number of aryl methyl sites for hydroxylation is 2. The van der Waals surface area contributed by atoms with Crippen molar-refractivity contribution >= 4 is 5.78 Å². The zero-order chi connectivity index (χ0) is 20.0. The highest BCUT2D eigenvalue weighted by molar-refractivity contribution is 6.10. The van der Waals surface area contributed by atoms with Crippen LogP contribution < -0.4 is 10.6 Å². The zero-order valence-electron chi connectivity index (χ0n) is 17.2. The maximum absolute atomic E-state index is 12.6. The van der Waals surface area contributed by atoms with Gasteiger partial charge < -0.3 is 5.32 Å². The molecule has 0 amide bonds. The lowest BCUT2D eigenvalue weighted by Gasteiger charge is -2.18. The molecule has 27 heavy (non-hydrogen) atoms. The van der Waals surface area contributed by atoms with E-state index in [1.165, 1.54) is 16.8 Å². The molecule has 3 heteroatoms. The van der Waals surface area contributed by atoms with Crippen LogP contribution in [0.2, 0.25) is 0 Å². The second-order valence-corrected chi connectivity index (χ2v) is 6.97. The molecular formula is C24H30N2O. The molecule has 142 valence electrons. The number of hydrogen-bond donors (Lipinski definition) is 2. The van der Waals surface area contributed by atoms with E-state index < -0.39 is 0 Å². The molecule has 0 saturated heterocycles. The van der Waals surface area contributed by atoms with E-state index in [4.69, 9.17) is 0 Å². The number of hydrogen-bond acceptors (Lipinski definition) is 3. The monoisotopic (exact) mass is 362 g/mol. The highest BCUT2D eigenvalue weighted by atomic mass is 16.1. The number of benzene rings is 2. The Kier molecular flexibility index (Phi) is 7.14. The van der Waals surface area contributed by atoms with Gasteiger partial charge in [0.15, 0.2) is 5.78 Å². The van der Waals surface area contributed by atoms with Crippen LogP contribution in [-0.2, 0) is 0 Å². The predicted octanol–water partition coefficient (Wildman–Crippen LogP) is 4.75. The number of carbonyl (C=O) groups excluding carboxylic acids is 1. The molecule has 0 aromatic heterocycles. The Morgan fingerprint density at radius 3 is 2.19 bits per heavy atom. The van der Waals surface area contributed by atoms with Crippen LogP contribution >= 0.6 is 0 Å². The summed E-state index contributed by atoms with van der Waals surface area (Å²) in [7, 11) is 1.93. The van der Waals surface area contributed by atoms with Crippen molar-refractivity contribution in [3.63, 3.8) is 0 Å². The fourth-order valence-electron chi connectivity index (χ4n) is 3.00. The minimum atomic E-state index is 0.119. The molecule has 3 nitrogen and oxygen atoms in total. The normalized spacial score (nSPS) is 15.3. The Labute approximate surface area is 163 Å². The van der Waals surface area contributed by atoms with E-state index in [0.717, 1.165) is 22.3 Å². The van der Waals surface area contributed by atoms with Gasteiger partial charge in [-0.05, 0) is 76.1 Å². The fraction of sp³-hybridized carbons (Fsp3) is 0.292. The van der Waals surface area contributed by atoms with Gasteiger partial charge in [-0.1, -0.05) is 42.5 Å². The first-order valence-electron chi connectivity index (χ1n) is 9.31. The van der Waals surface area contributed by atoms with Crippen molar-refractivity contribution < 1.29 is 4.79 Å². The summed E-state index contributed by atoms with van der Waals surface area (Å²) < 4.78 is 0. The maximum atomic E-state index is 12.6. The van der Waals surface area contributed by atoms with E-state index in [1.54, 1.807) is 0 Å².